The van der Waals surface area contributed by atoms with Gasteiger partial charge in [0.2, 0.25) is 0 Å². The lowest BCUT2D eigenvalue weighted by atomic mass is 10.0. The van der Waals surface area contributed by atoms with Crippen LogP contribution in [0.2, 0.25) is 0 Å². The summed E-state index contributed by atoms with van der Waals surface area (Å²) in [6.45, 7) is 6.50. The van der Waals surface area contributed by atoms with Crippen molar-refractivity contribution in [1.82, 2.24) is 0 Å². The van der Waals surface area contributed by atoms with Crippen LogP contribution in [0.5, 0.6) is 0 Å². The van der Waals surface area contributed by atoms with Gasteiger partial charge >= 0.3 is 17.9 Å². The number of hydrogen-bond acceptors (Lipinski definition) is 6. The van der Waals surface area contributed by atoms with Crippen molar-refractivity contribution < 1.29 is 28.6 Å². The Morgan fingerprint density at radius 1 is 0.324 bits per heavy atom. The van der Waals surface area contributed by atoms with Gasteiger partial charge in [-0.25, -0.2) is 0 Å². The van der Waals surface area contributed by atoms with E-state index in [-0.39, 0.29) is 31.1 Å². The summed E-state index contributed by atoms with van der Waals surface area (Å²) in [5.74, 6) is -0.898. The van der Waals surface area contributed by atoms with Crippen LogP contribution in [0.25, 0.3) is 0 Å². The molecule has 0 amide bonds. The Hall–Kier alpha value is -3.15. The number of carbonyl (C=O) groups excluding carboxylic acids is 3. The second-order valence-electron chi connectivity index (χ2n) is 19.2. The third-order valence-electron chi connectivity index (χ3n) is 12.5. The maximum atomic E-state index is 12.9. The molecular weight excluding hydrogens is 841 g/mol. The summed E-state index contributed by atoms with van der Waals surface area (Å²) in [5, 5.41) is 0. The van der Waals surface area contributed by atoms with E-state index in [0.29, 0.717) is 19.3 Å². The van der Waals surface area contributed by atoms with Gasteiger partial charge in [0.15, 0.2) is 6.10 Å². The maximum Gasteiger partial charge on any atom is 0.306 e. The normalized spacial score (nSPS) is 12.6. The van der Waals surface area contributed by atoms with E-state index in [1.165, 1.54) is 148 Å². The van der Waals surface area contributed by atoms with Crippen LogP contribution in [0.4, 0.5) is 0 Å². The van der Waals surface area contributed by atoms with Gasteiger partial charge in [0.05, 0.1) is 0 Å². The Morgan fingerprint density at radius 3 is 1.01 bits per heavy atom. The Kier molecular flexibility index (Phi) is 53.8. The van der Waals surface area contributed by atoms with Crippen LogP contribution in [0.1, 0.15) is 284 Å². The number of allylic oxidation sites excluding steroid dienone is 12. The van der Waals surface area contributed by atoms with E-state index in [4.69, 9.17) is 14.2 Å². The predicted octanol–water partition coefficient (Wildman–Crippen LogP) is 19.4. The van der Waals surface area contributed by atoms with Crippen molar-refractivity contribution in [2.24, 2.45) is 0 Å². The molecule has 0 aliphatic heterocycles. The first kappa shape index (κ1) is 64.8. The molecular formula is C62H108O6. The molecule has 0 saturated heterocycles. The van der Waals surface area contributed by atoms with Gasteiger partial charge in [-0.1, -0.05) is 254 Å². The van der Waals surface area contributed by atoms with E-state index >= 15 is 0 Å². The predicted molar refractivity (Wildman–Crippen MR) is 293 cm³/mol. The van der Waals surface area contributed by atoms with Gasteiger partial charge in [-0.05, 0) is 83.5 Å². The Bertz CT molecular complexity index is 1270. The van der Waals surface area contributed by atoms with Gasteiger partial charge in [-0.3, -0.25) is 14.4 Å². The summed E-state index contributed by atoms with van der Waals surface area (Å²) in [7, 11) is 0. The monoisotopic (exact) mass is 949 g/mol. The molecule has 1 atom stereocenters. The average Bonchev–Trinajstić information content (AvgIpc) is 3.34. The first-order valence-corrected chi connectivity index (χ1v) is 29.0. The zero-order valence-corrected chi connectivity index (χ0v) is 44.9. The van der Waals surface area contributed by atoms with Gasteiger partial charge in [0.25, 0.3) is 0 Å². The highest BCUT2D eigenvalue weighted by molar-refractivity contribution is 5.71. The Balaban J connectivity index is 4.40. The lowest BCUT2D eigenvalue weighted by molar-refractivity contribution is -0.167. The zero-order valence-electron chi connectivity index (χ0n) is 44.9. The van der Waals surface area contributed by atoms with E-state index in [9.17, 15) is 14.4 Å². The molecule has 0 spiro atoms. The highest BCUT2D eigenvalue weighted by atomic mass is 16.6. The zero-order chi connectivity index (χ0) is 49.3. The average molecular weight is 950 g/mol. The number of rotatable bonds is 52. The molecule has 0 aliphatic rings. The summed E-state index contributed by atoms with van der Waals surface area (Å²) >= 11 is 0. The van der Waals surface area contributed by atoms with Crippen LogP contribution in [-0.2, 0) is 28.6 Å². The molecule has 0 aromatic rings. The van der Waals surface area contributed by atoms with Gasteiger partial charge in [-0.15, -0.1) is 0 Å². The minimum Gasteiger partial charge on any atom is -0.462 e. The third kappa shape index (κ3) is 53.8. The largest absolute Gasteiger partial charge is 0.462 e. The van der Waals surface area contributed by atoms with E-state index < -0.39 is 6.10 Å². The van der Waals surface area contributed by atoms with Crippen molar-refractivity contribution >= 4 is 17.9 Å². The lowest BCUT2D eigenvalue weighted by Crippen LogP contribution is -2.30. The fraction of sp³-hybridized carbons (Fsp3) is 0.758. The number of ether oxygens (including phenoxy) is 3. The van der Waals surface area contributed by atoms with Crippen LogP contribution in [0.3, 0.4) is 0 Å². The number of unbranched alkanes of at least 4 members (excludes halogenated alkanes) is 30. The topological polar surface area (TPSA) is 78.9 Å². The van der Waals surface area contributed by atoms with Crippen LogP contribution in [0.15, 0.2) is 72.9 Å². The molecule has 68 heavy (non-hydrogen) atoms. The lowest BCUT2D eigenvalue weighted by Gasteiger charge is -2.18. The molecule has 6 heteroatoms. The van der Waals surface area contributed by atoms with Crippen molar-refractivity contribution in [2.75, 3.05) is 13.2 Å². The smallest absolute Gasteiger partial charge is 0.306 e. The standard InChI is InChI=1S/C62H108O6/c1-4-7-10-13-16-19-22-25-28-30-31-32-35-37-40-43-46-49-52-55-61(64)67-58-59(57-66-60(63)54-51-48-45-42-39-36-33-27-24-21-18-15-12-9-6-3)68-62(65)56-53-50-47-44-41-38-34-29-26-23-20-17-14-11-8-5-2/h7,10,16,18-19,21,24-25,27-28,31-32,59H,4-6,8-9,11-15,17,20,22-23,26,29-30,33-58H2,1-3H3/b10-7-,19-16-,21-18-,27-24-,28-25-,32-31-. The Labute approximate surface area is 421 Å². The minimum absolute atomic E-state index is 0.0842. The fourth-order valence-corrected chi connectivity index (χ4v) is 8.13. The SMILES string of the molecule is CC/C=C\C/C=C\C/C=C\C/C=C\CCCCCCCCC(=O)OCC(COC(=O)CCCCCCCC/C=C\C=C/CCCCC)OC(=O)CCCCCCCCCCCCCCCCCC. The van der Waals surface area contributed by atoms with Crippen molar-refractivity contribution in [3.8, 4) is 0 Å². The van der Waals surface area contributed by atoms with Crippen LogP contribution in [0, 0.1) is 0 Å². The summed E-state index contributed by atoms with van der Waals surface area (Å²) in [4.78, 5) is 38.2. The fourth-order valence-electron chi connectivity index (χ4n) is 8.13. The maximum absolute atomic E-state index is 12.9. The number of hydrogen-bond donors (Lipinski definition) is 0. The van der Waals surface area contributed by atoms with Crippen molar-refractivity contribution in [1.29, 1.82) is 0 Å². The molecule has 0 fully saturated rings. The molecule has 0 aliphatic carbocycles. The molecule has 392 valence electrons. The third-order valence-corrected chi connectivity index (χ3v) is 12.5. The van der Waals surface area contributed by atoms with Crippen molar-refractivity contribution in [3.63, 3.8) is 0 Å². The van der Waals surface area contributed by atoms with Crippen molar-refractivity contribution in [3.05, 3.63) is 72.9 Å². The highest BCUT2D eigenvalue weighted by Gasteiger charge is 2.19. The molecule has 0 saturated carbocycles. The van der Waals surface area contributed by atoms with Gasteiger partial charge in [0, 0.05) is 19.3 Å². The molecule has 0 rings (SSSR count). The molecule has 0 aromatic carbocycles. The molecule has 0 aromatic heterocycles. The van der Waals surface area contributed by atoms with E-state index in [0.717, 1.165) is 96.3 Å². The first-order chi connectivity index (χ1) is 33.5. The van der Waals surface area contributed by atoms with Gasteiger partial charge in [-0.2, -0.15) is 0 Å². The summed E-state index contributed by atoms with van der Waals surface area (Å²) in [6, 6.07) is 0. The van der Waals surface area contributed by atoms with E-state index in [1.54, 1.807) is 0 Å². The minimum atomic E-state index is -0.785. The number of carbonyl (C=O) groups is 3. The van der Waals surface area contributed by atoms with E-state index in [1.807, 2.05) is 0 Å². The summed E-state index contributed by atoms with van der Waals surface area (Å²) < 4.78 is 16.9. The van der Waals surface area contributed by atoms with Gasteiger partial charge in [0.1, 0.15) is 13.2 Å². The molecule has 0 N–H and O–H groups in total. The molecule has 0 heterocycles. The molecule has 1 unspecified atom stereocenters. The second kappa shape index (κ2) is 56.4. The van der Waals surface area contributed by atoms with Crippen LogP contribution in [-0.4, -0.2) is 37.2 Å². The quantitative estimate of drug-likeness (QED) is 0.0199. The van der Waals surface area contributed by atoms with Gasteiger partial charge < -0.3 is 14.2 Å². The van der Waals surface area contributed by atoms with Crippen molar-refractivity contribution in [2.45, 2.75) is 290 Å². The summed E-state index contributed by atoms with van der Waals surface area (Å²) in [6.07, 6.45) is 71.7. The van der Waals surface area contributed by atoms with Crippen LogP contribution < -0.4 is 0 Å². The second-order valence-corrected chi connectivity index (χ2v) is 19.2. The highest BCUT2D eigenvalue weighted by Crippen LogP contribution is 2.16. The molecule has 6 nitrogen and oxygen atoms in total. The van der Waals surface area contributed by atoms with Crippen LogP contribution >= 0.6 is 0 Å². The summed E-state index contributed by atoms with van der Waals surface area (Å²) in [5.41, 5.74) is 0. The molecule has 0 radical (unpaired) electrons. The van der Waals surface area contributed by atoms with E-state index in [2.05, 4.69) is 93.7 Å². The Morgan fingerprint density at radius 2 is 0.618 bits per heavy atom. The first-order valence-electron chi connectivity index (χ1n) is 29.0. The number of esters is 3. The molecule has 0 bridgehead atoms.